The van der Waals surface area contributed by atoms with Crippen molar-refractivity contribution in [3.8, 4) is 0 Å². The number of carbonyl (C=O) groups excluding carboxylic acids is 2. The summed E-state index contributed by atoms with van der Waals surface area (Å²) in [7, 11) is 0. The summed E-state index contributed by atoms with van der Waals surface area (Å²) in [4.78, 5) is 29.9. The van der Waals surface area contributed by atoms with Crippen LogP contribution in [0.2, 0.25) is 0 Å². The van der Waals surface area contributed by atoms with Gasteiger partial charge in [-0.3, -0.25) is 9.59 Å². The maximum Gasteiger partial charge on any atom is 0.250 e. The lowest BCUT2D eigenvalue weighted by Gasteiger charge is -2.45. The zero-order chi connectivity index (χ0) is 17.3. The Labute approximate surface area is 144 Å². The van der Waals surface area contributed by atoms with Crippen LogP contribution in [0.1, 0.15) is 63.1 Å². The monoisotopic (exact) mass is 328 g/mol. The number of benzene rings is 1. The summed E-state index contributed by atoms with van der Waals surface area (Å²) >= 11 is 0. The molecule has 1 heterocycles. The van der Waals surface area contributed by atoms with Gasteiger partial charge in [-0.1, -0.05) is 49.6 Å². The summed E-state index contributed by atoms with van der Waals surface area (Å²) in [6, 6.07) is 7.89. The van der Waals surface area contributed by atoms with Crippen molar-refractivity contribution < 1.29 is 9.59 Å². The van der Waals surface area contributed by atoms with Crippen LogP contribution < -0.4 is 0 Å². The first-order valence-electron chi connectivity index (χ1n) is 9.21. The Morgan fingerprint density at radius 3 is 2.33 bits per heavy atom. The van der Waals surface area contributed by atoms with E-state index in [0.717, 1.165) is 43.2 Å². The summed E-state index contributed by atoms with van der Waals surface area (Å²) in [5.74, 6) is 0.187. The summed E-state index contributed by atoms with van der Waals surface area (Å²) in [6.07, 6.45) is 5.23. The molecule has 24 heavy (non-hydrogen) atoms. The van der Waals surface area contributed by atoms with E-state index in [1.54, 1.807) is 0 Å². The predicted molar refractivity (Wildman–Crippen MR) is 94.5 cm³/mol. The Hall–Kier alpha value is -1.84. The van der Waals surface area contributed by atoms with E-state index in [4.69, 9.17) is 0 Å². The summed E-state index contributed by atoms with van der Waals surface area (Å²) in [5, 5.41) is 0. The van der Waals surface area contributed by atoms with E-state index in [-0.39, 0.29) is 30.4 Å². The molecule has 4 heteroatoms. The first-order chi connectivity index (χ1) is 11.5. The standard InChI is InChI=1S/C20H28N2O2/c1-4-15(3)22-18(23)13-21(17-7-5-6-8-17)20(24)19(22)16-11-9-14(2)10-12-16/h9-12,15,17,19H,4-8,13H2,1-3H3. The smallest absolute Gasteiger partial charge is 0.250 e. The van der Waals surface area contributed by atoms with E-state index >= 15 is 0 Å². The van der Waals surface area contributed by atoms with E-state index < -0.39 is 6.04 Å². The topological polar surface area (TPSA) is 40.6 Å². The van der Waals surface area contributed by atoms with Gasteiger partial charge in [0.1, 0.15) is 12.6 Å². The minimum atomic E-state index is -0.470. The van der Waals surface area contributed by atoms with Gasteiger partial charge in [0.2, 0.25) is 5.91 Å². The second-order valence-corrected chi connectivity index (χ2v) is 7.28. The minimum Gasteiger partial charge on any atom is -0.328 e. The molecule has 2 amide bonds. The van der Waals surface area contributed by atoms with Crippen molar-refractivity contribution >= 4 is 11.8 Å². The fourth-order valence-electron chi connectivity index (χ4n) is 4.00. The Balaban J connectivity index is 1.97. The molecule has 2 fully saturated rings. The van der Waals surface area contributed by atoms with Crippen molar-refractivity contribution in [2.45, 2.75) is 71.0 Å². The zero-order valence-corrected chi connectivity index (χ0v) is 15.0. The van der Waals surface area contributed by atoms with Crippen LogP contribution >= 0.6 is 0 Å². The third-order valence-corrected chi connectivity index (χ3v) is 5.61. The number of hydrogen-bond donors (Lipinski definition) is 0. The third-order valence-electron chi connectivity index (χ3n) is 5.61. The molecule has 0 N–H and O–H groups in total. The lowest BCUT2D eigenvalue weighted by atomic mass is 9.96. The molecule has 1 aliphatic carbocycles. The number of piperazine rings is 1. The molecule has 1 aromatic rings. The molecule has 0 bridgehead atoms. The van der Waals surface area contributed by atoms with Crippen LogP contribution in [0.25, 0.3) is 0 Å². The molecule has 3 rings (SSSR count). The normalized spacial score (nSPS) is 23.9. The van der Waals surface area contributed by atoms with Gasteiger partial charge in [0.15, 0.2) is 0 Å². The molecule has 0 spiro atoms. The number of amides is 2. The molecule has 4 nitrogen and oxygen atoms in total. The maximum absolute atomic E-state index is 13.3. The fourth-order valence-corrected chi connectivity index (χ4v) is 4.00. The van der Waals surface area contributed by atoms with Gasteiger partial charge in [-0.05, 0) is 38.7 Å². The minimum absolute atomic E-state index is 0.0680. The van der Waals surface area contributed by atoms with E-state index in [1.807, 2.05) is 47.9 Å². The number of rotatable bonds is 4. The first-order valence-corrected chi connectivity index (χ1v) is 9.21. The molecule has 0 radical (unpaired) electrons. The highest BCUT2D eigenvalue weighted by Gasteiger charge is 2.44. The van der Waals surface area contributed by atoms with Crippen LogP contribution in [0, 0.1) is 6.92 Å². The maximum atomic E-state index is 13.3. The molecule has 130 valence electrons. The third kappa shape index (κ3) is 3.06. The molecule has 2 unspecified atom stereocenters. The average Bonchev–Trinajstić information content (AvgIpc) is 3.11. The molecule has 1 saturated heterocycles. The Kier molecular flexibility index (Phi) is 4.93. The van der Waals surface area contributed by atoms with E-state index in [2.05, 4.69) is 6.92 Å². The molecular weight excluding hydrogens is 300 g/mol. The van der Waals surface area contributed by atoms with Crippen LogP contribution in [0.5, 0.6) is 0 Å². The highest BCUT2D eigenvalue weighted by Crippen LogP contribution is 2.34. The second kappa shape index (κ2) is 6.96. The molecule has 1 aromatic carbocycles. The van der Waals surface area contributed by atoms with Crippen molar-refractivity contribution in [3.63, 3.8) is 0 Å². The van der Waals surface area contributed by atoms with Gasteiger partial charge in [-0.25, -0.2) is 0 Å². The lowest BCUT2D eigenvalue weighted by Crippen LogP contribution is -2.59. The lowest BCUT2D eigenvalue weighted by molar-refractivity contribution is -0.161. The second-order valence-electron chi connectivity index (χ2n) is 7.28. The van der Waals surface area contributed by atoms with Crippen LogP contribution in [-0.2, 0) is 9.59 Å². The zero-order valence-electron chi connectivity index (χ0n) is 15.0. The number of hydrogen-bond acceptors (Lipinski definition) is 2. The van der Waals surface area contributed by atoms with Gasteiger partial charge in [0.25, 0.3) is 5.91 Å². The van der Waals surface area contributed by atoms with E-state index in [1.165, 1.54) is 0 Å². The Morgan fingerprint density at radius 2 is 1.75 bits per heavy atom. The number of nitrogens with zero attached hydrogens (tertiary/aromatic N) is 2. The van der Waals surface area contributed by atoms with Crippen molar-refractivity contribution in [1.82, 2.24) is 9.80 Å². The average molecular weight is 328 g/mol. The quantitative estimate of drug-likeness (QED) is 0.849. The molecule has 2 atom stereocenters. The van der Waals surface area contributed by atoms with Gasteiger partial charge >= 0.3 is 0 Å². The summed E-state index contributed by atoms with van der Waals surface area (Å²) in [6.45, 7) is 6.39. The van der Waals surface area contributed by atoms with E-state index in [0.29, 0.717) is 0 Å². The molecular formula is C20H28N2O2. The van der Waals surface area contributed by atoms with Crippen LogP contribution in [0.4, 0.5) is 0 Å². The highest BCUT2D eigenvalue weighted by atomic mass is 16.2. The van der Waals surface area contributed by atoms with E-state index in [9.17, 15) is 9.59 Å². The molecule has 1 aliphatic heterocycles. The van der Waals surface area contributed by atoms with Gasteiger partial charge in [0.05, 0.1) is 0 Å². The predicted octanol–water partition coefficient (Wildman–Crippen LogP) is 3.45. The van der Waals surface area contributed by atoms with Crippen LogP contribution in [0.15, 0.2) is 24.3 Å². The SMILES string of the molecule is CCC(C)N1C(=O)CN(C2CCCC2)C(=O)C1c1ccc(C)cc1. The molecule has 1 saturated carbocycles. The Morgan fingerprint density at radius 1 is 1.12 bits per heavy atom. The largest absolute Gasteiger partial charge is 0.328 e. The van der Waals surface area contributed by atoms with Crippen LogP contribution in [-0.4, -0.2) is 40.2 Å². The summed E-state index contributed by atoms with van der Waals surface area (Å²) in [5.41, 5.74) is 2.10. The van der Waals surface area contributed by atoms with Crippen molar-refractivity contribution in [1.29, 1.82) is 0 Å². The fraction of sp³-hybridized carbons (Fsp3) is 0.600. The van der Waals surface area contributed by atoms with Gasteiger partial charge < -0.3 is 9.80 Å². The van der Waals surface area contributed by atoms with Gasteiger partial charge in [-0.15, -0.1) is 0 Å². The Bertz CT molecular complexity index is 605. The van der Waals surface area contributed by atoms with Crippen LogP contribution in [0.3, 0.4) is 0 Å². The first kappa shape index (κ1) is 17.0. The number of aryl methyl sites for hydroxylation is 1. The van der Waals surface area contributed by atoms with Gasteiger partial charge in [-0.2, -0.15) is 0 Å². The van der Waals surface area contributed by atoms with Crippen molar-refractivity contribution in [3.05, 3.63) is 35.4 Å². The van der Waals surface area contributed by atoms with Gasteiger partial charge in [0, 0.05) is 12.1 Å². The van der Waals surface area contributed by atoms with Crippen molar-refractivity contribution in [2.24, 2.45) is 0 Å². The van der Waals surface area contributed by atoms with Crippen molar-refractivity contribution in [2.75, 3.05) is 6.54 Å². The molecule has 2 aliphatic rings. The molecule has 0 aromatic heterocycles. The summed E-state index contributed by atoms with van der Waals surface area (Å²) < 4.78 is 0. The highest BCUT2D eigenvalue weighted by molar-refractivity contribution is 5.96. The number of carbonyl (C=O) groups is 2.